The molecule has 29 heavy (non-hydrogen) atoms. The van der Waals surface area contributed by atoms with E-state index in [-0.39, 0.29) is 17.3 Å². The fourth-order valence-electron chi connectivity index (χ4n) is 2.94. The molecule has 1 heterocycles. The van der Waals surface area contributed by atoms with Crippen molar-refractivity contribution in [1.82, 2.24) is 9.78 Å². The molecule has 0 saturated carbocycles. The van der Waals surface area contributed by atoms with Crippen LogP contribution < -0.4 is 10.5 Å². The number of nitrogens with zero attached hydrogens (tertiary/aromatic N) is 3. The maximum Gasteiger partial charge on any atom is 0.253 e. The summed E-state index contributed by atoms with van der Waals surface area (Å²) in [5.74, 6) is 0.894. The van der Waals surface area contributed by atoms with Gasteiger partial charge in [-0.1, -0.05) is 61.3 Å². The van der Waals surface area contributed by atoms with E-state index in [0.717, 1.165) is 16.7 Å². The minimum atomic E-state index is 0.222. The summed E-state index contributed by atoms with van der Waals surface area (Å²) >= 11 is 12.0. The number of nitriles is 1. The van der Waals surface area contributed by atoms with Gasteiger partial charge in [-0.25, -0.2) is 4.68 Å². The lowest BCUT2D eigenvalue weighted by atomic mass is 9.98. The topological polar surface area (TPSA) is 76.9 Å². The molecule has 0 spiro atoms. The fraction of sp³-hybridized carbons (Fsp3) is 0.273. The monoisotopic (exact) mass is 428 g/mol. The third-order valence-electron chi connectivity index (χ3n) is 4.79. The van der Waals surface area contributed by atoms with Crippen LogP contribution in [0.25, 0.3) is 0 Å². The van der Waals surface area contributed by atoms with Crippen molar-refractivity contribution >= 4 is 29.0 Å². The highest BCUT2D eigenvalue weighted by Gasteiger charge is 2.18. The summed E-state index contributed by atoms with van der Waals surface area (Å²) in [5.41, 5.74) is 10.6. The molecule has 0 aliphatic heterocycles. The van der Waals surface area contributed by atoms with E-state index in [9.17, 15) is 5.26 Å². The number of halogens is 2. The molecule has 0 aliphatic carbocycles. The van der Waals surface area contributed by atoms with Crippen LogP contribution in [0.3, 0.4) is 0 Å². The maximum atomic E-state index is 9.53. The number of aryl methyl sites for hydroxylation is 1. The number of hydrogen-bond acceptors (Lipinski definition) is 4. The molecule has 0 amide bonds. The van der Waals surface area contributed by atoms with E-state index in [1.54, 1.807) is 12.1 Å². The highest BCUT2D eigenvalue weighted by atomic mass is 35.5. The van der Waals surface area contributed by atoms with Crippen LogP contribution in [0.1, 0.15) is 47.6 Å². The molecule has 1 aromatic heterocycles. The van der Waals surface area contributed by atoms with Gasteiger partial charge in [-0.05, 0) is 47.2 Å². The molecule has 3 aromatic rings. The Kier molecular flexibility index (Phi) is 6.36. The number of aromatic nitrogens is 2. The van der Waals surface area contributed by atoms with Crippen LogP contribution >= 0.6 is 23.2 Å². The van der Waals surface area contributed by atoms with Gasteiger partial charge in [0.2, 0.25) is 0 Å². The van der Waals surface area contributed by atoms with Crippen molar-refractivity contribution in [2.75, 3.05) is 5.73 Å². The Hall–Kier alpha value is -2.68. The van der Waals surface area contributed by atoms with Crippen LogP contribution in [0.2, 0.25) is 10.0 Å². The molecule has 3 rings (SSSR count). The zero-order valence-electron chi connectivity index (χ0n) is 16.5. The number of nitrogen functional groups attached to an aromatic ring is 1. The number of nitrogens with two attached hydrogens (primary N) is 1. The fourth-order valence-corrected chi connectivity index (χ4v) is 3.26. The van der Waals surface area contributed by atoms with Crippen molar-refractivity contribution in [2.24, 2.45) is 0 Å². The first kappa shape index (κ1) is 21.0. The minimum Gasteiger partial charge on any atom is -0.471 e. The summed E-state index contributed by atoms with van der Waals surface area (Å²) in [6, 6.07) is 13.7. The Morgan fingerprint density at radius 1 is 1.17 bits per heavy atom. The second-order valence-electron chi connectivity index (χ2n) is 7.21. The van der Waals surface area contributed by atoms with E-state index in [4.69, 9.17) is 33.7 Å². The molecule has 0 atom stereocenters. The molecule has 0 aliphatic rings. The molecule has 2 N–H and O–H groups in total. The van der Waals surface area contributed by atoms with Crippen molar-refractivity contribution < 1.29 is 4.74 Å². The average Bonchev–Trinajstić information content (AvgIpc) is 2.98. The summed E-state index contributed by atoms with van der Waals surface area (Å²) in [6.45, 7) is 6.99. The minimum absolute atomic E-state index is 0.222. The molecule has 7 heteroatoms. The Morgan fingerprint density at radius 2 is 1.93 bits per heavy atom. The molecule has 150 valence electrons. The standard InChI is InChI=1S/C22H22Cl2N4O/c1-13(2)16-6-4-14(3)17(9-16)12-29-22-18(10-25)21(26)28(27-22)11-15-5-7-19(23)20(24)8-15/h4-9,13H,11-12,26H2,1-3H3. The van der Waals surface area contributed by atoms with Gasteiger partial charge in [-0.15, -0.1) is 5.10 Å². The Bertz CT molecular complexity index is 1080. The van der Waals surface area contributed by atoms with Gasteiger partial charge in [-0.2, -0.15) is 5.26 Å². The highest BCUT2D eigenvalue weighted by Crippen LogP contribution is 2.27. The van der Waals surface area contributed by atoms with E-state index in [2.05, 4.69) is 43.2 Å². The largest absolute Gasteiger partial charge is 0.471 e. The molecule has 0 unspecified atom stereocenters. The zero-order chi connectivity index (χ0) is 21.1. The predicted molar refractivity (Wildman–Crippen MR) is 117 cm³/mol. The quantitative estimate of drug-likeness (QED) is 0.545. The number of anilines is 1. The van der Waals surface area contributed by atoms with Gasteiger partial charge in [-0.3, -0.25) is 0 Å². The van der Waals surface area contributed by atoms with Gasteiger partial charge >= 0.3 is 0 Å². The van der Waals surface area contributed by atoms with Crippen molar-refractivity contribution in [3.63, 3.8) is 0 Å². The van der Waals surface area contributed by atoms with Gasteiger partial charge in [0.05, 0.1) is 16.6 Å². The zero-order valence-corrected chi connectivity index (χ0v) is 18.1. The van der Waals surface area contributed by atoms with Crippen LogP contribution in [0.4, 0.5) is 5.82 Å². The van der Waals surface area contributed by atoms with Crippen LogP contribution in [-0.4, -0.2) is 9.78 Å². The normalized spacial score (nSPS) is 10.9. The molecule has 0 bridgehead atoms. The average molecular weight is 429 g/mol. The van der Waals surface area contributed by atoms with E-state index in [1.165, 1.54) is 10.2 Å². The lowest BCUT2D eigenvalue weighted by Crippen LogP contribution is -2.06. The van der Waals surface area contributed by atoms with Crippen molar-refractivity contribution in [3.8, 4) is 11.9 Å². The van der Waals surface area contributed by atoms with Crippen molar-refractivity contribution in [3.05, 3.63) is 74.3 Å². The molecule has 0 saturated heterocycles. The first-order valence-corrected chi connectivity index (χ1v) is 9.98. The van der Waals surface area contributed by atoms with Crippen molar-refractivity contribution in [2.45, 2.75) is 39.8 Å². The van der Waals surface area contributed by atoms with Crippen LogP contribution in [0.5, 0.6) is 5.88 Å². The van der Waals surface area contributed by atoms with Crippen LogP contribution in [0.15, 0.2) is 36.4 Å². The van der Waals surface area contributed by atoms with E-state index >= 15 is 0 Å². The number of hydrogen-bond donors (Lipinski definition) is 1. The summed E-state index contributed by atoms with van der Waals surface area (Å²) in [5, 5.41) is 14.9. The van der Waals surface area contributed by atoms with Crippen LogP contribution in [0, 0.1) is 18.3 Å². The lowest BCUT2D eigenvalue weighted by Gasteiger charge is -2.11. The van der Waals surface area contributed by atoms with Gasteiger partial charge in [0, 0.05) is 0 Å². The first-order chi connectivity index (χ1) is 13.8. The van der Waals surface area contributed by atoms with Gasteiger partial charge in [0.1, 0.15) is 18.5 Å². The van der Waals surface area contributed by atoms with E-state index in [0.29, 0.717) is 29.1 Å². The molecule has 2 aromatic carbocycles. The lowest BCUT2D eigenvalue weighted by molar-refractivity contribution is 0.288. The number of ether oxygens (including phenoxy) is 1. The third kappa shape index (κ3) is 4.67. The van der Waals surface area contributed by atoms with Crippen molar-refractivity contribution in [1.29, 1.82) is 5.26 Å². The second-order valence-corrected chi connectivity index (χ2v) is 8.03. The SMILES string of the molecule is Cc1ccc(C(C)C)cc1COc1nn(Cc2ccc(Cl)c(Cl)c2)c(N)c1C#N. The van der Waals surface area contributed by atoms with Gasteiger partial charge < -0.3 is 10.5 Å². The third-order valence-corrected chi connectivity index (χ3v) is 5.53. The van der Waals surface area contributed by atoms with E-state index < -0.39 is 0 Å². The number of rotatable bonds is 6. The van der Waals surface area contributed by atoms with Crippen LogP contribution in [-0.2, 0) is 13.2 Å². The maximum absolute atomic E-state index is 9.53. The molecule has 5 nitrogen and oxygen atoms in total. The Labute approximate surface area is 180 Å². The smallest absolute Gasteiger partial charge is 0.253 e. The second kappa shape index (κ2) is 8.77. The van der Waals surface area contributed by atoms with E-state index in [1.807, 2.05) is 13.0 Å². The van der Waals surface area contributed by atoms with Gasteiger partial charge in [0.25, 0.3) is 5.88 Å². The highest BCUT2D eigenvalue weighted by molar-refractivity contribution is 6.42. The molecular formula is C22H22Cl2N4O. The molecule has 0 fully saturated rings. The summed E-state index contributed by atoms with van der Waals surface area (Å²) in [7, 11) is 0. The molecule has 0 radical (unpaired) electrons. The Balaban J connectivity index is 1.83. The first-order valence-electron chi connectivity index (χ1n) is 9.22. The number of benzene rings is 2. The summed E-state index contributed by atoms with van der Waals surface area (Å²) < 4.78 is 7.42. The predicted octanol–water partition coefficient (Wildman–Crippen LogP) is 5.70. The Morgan fingerprint density at radius 3 is 2.59 bits per heavy atom. The summed E-state index contributed by atoms with van der Waals surface area (Å²) in [6.07, 6.45) is 0. The molecular weight excluding hydrogens is 407 g/mol. The summed E-state index contributed by atoms with van der Waals surface area (Å²) in [4.78, 5) is 0. The van der Waals surface area contributed by atoms with Gasteiger partial charge in [0.15, 0.2) is 5.56 Å².